The van der Waals surface area contributed by atoms with E-state index in [2.05, 4.69) is 0 Å². The molecule has 0 aliphatic heterocycles. The first-order valence-electron chi connectivity index (χ1n) is 7.28. The van der Waals surface area contributed by atoms with Gasteiger partial charge in [-0.3, -0.25) is 9.59 Å². The summed E-state index contributed by atoms with van der Waals surface area (Å²) >= 11 is 11.6. The van der Waals surface area contributed by atoms with Gasteiger partial charge in [-0.2, -0.15) is 13.2 Å². The molecule has 134 valence electrons. The first-order valence-corrected chi connectivity index (χ1v) is 8.03. The van der Waals surface area contributed by atoms with Gasteiger partial charge in [-0.25, -0.2) is 0 Å². The Morgan fingerprint density at radius 2 is 1.81 bits per heavy atom. The minimum Gasteiger partial charge on any atom is -0.451 e. The summed E-state index contributed by atoms with van der Waals surface area (Å²) in [6.45, 7) is 0. The average molecular weight is 401 g/mol. The van der Waals surface area contributed by atoms with Crippen molar-refractivity contribution in [1.29, 1.82) is 0 Å². The topological polar surface area (TPSA) is 47.3 Å². The number of alkyl halides is 3. The van der Waals surface area contributed by atoms with Crippen LogP contribution in [0.4, 0.5) is 13.2 Å². The molecule has 0 N–H and O–H groups in total. The largest absolute Gasteiger partial charge is 0.451 e. The van der Waals surface area contributed by atoms with Crippen LogP contribution < -0.4 is 5.43 Å². The molecule has 0 atom stereocenters. The standard InChI is InChI=1S/C18H9Cl2F3O3/c19-10-5-4-9(12(7-10)18(21,22)23)6-15(25)16-8-14(24)11-2-1-3-13(20)17(11)26-16/h1-5,7-8H,6H2. The van der Waals surface area contributed by atoms with Crippen molar-refractivity contribution in [3.8, 4) is 0 Å². The number of ketones is 1. The maximum Gasteiger partial charge on any atom is 0.416 e. The summed E-state index contributed by atoms with van der Waals surface area (Å²) < 4.78 is 44.8. The minimum atomic E-state index is -4.67. The van der Waals surface area contributed by atoms with Crippen LogP contribution in [-0.4, -0.2) is 5.78 Å². The lowest BCUT2D eigenvalue weighted by atomic mass is 10.0. The summed E-state index contributed by atoms with van der Waals surface area (Å²) in [5.41, 5.74) is -1.78. The van der Waals surface area contributed by atoms with Gasteiger partial charge in [0.1, 0.15) is 0 Å². The van der Waals surface area contributed by atoms with Gasteiger partial charge in [-0.1, -0.05) is 35.3 Å². The van der Waals surface area contributed by atoms with E-state index in [-0.39, 0.29) is 32.3 Å². The zero-order valence-electron chi connectivity index (χ0n) is 12.9. The van der Waals surface area contributed by atoms with Gasteiger partial charge in [-0.05, 0) is 29.8 Å². The van der Waals surface area contributed by atoms with E-state index >= 15 is 0 Å². The molecule has 0 saturated carbocycles. The van der Waals surface area contributed by atoms with Crippen molar-refractivity contribution in [2.75, 3.05) is 0 Å². The molecule has 3 nitrogen and oxygen atoms in total. The Balaban J connectivity index is 2.03. The van der Waals surface area contributed by atoms with Crippen LogP contribution in [0, 0.1) is 0 Å². The fourth-order valence-electron chi connectivity index (χ4n) is 2.51. The van der Waals surface area contributed by atoms with Crippen LogP contribution in [0.1, 0.15) is 21.7 Å². The molecule has 0 amide bonds. The second-order valence-electron chi connectivity index (χ2n) is 5.49. The molecular formula is C18H9Cl2F3O3. The Bertz CT molecular complexity index is 1070. The van der Waals surface area contributed by atoms with E-state index in [0.717, 1.165) is 18.2 Å². The summed E-state index contributed by atoms with van der Waals surface area (Å²) in [4.78, 5) is 24.5. The summed E-state index contributed by atoms with van der Waals surface area (Å²) in [7, 11) is 0. The smallest absolute Gasteiger partial charge is 0.416 e. The van der Waals surface area contributed by atoms with Crippen molar-refractivity contribution in [1.82, 2.24) is 0 Å². The predicted octanol–water partition coefficient (Wildman–Crippen LogP) is 5.54. The third kappa shape index (κ3) is 3.61. The molecule has 3 aromatic rings. The number of rotatable bonds is 3. The van der Waals surface area contributed by atoms with Gasteiger partial charge in [0.15, 0.2) is 16.8 Å². The van der Waals surface area contributed by atoms with Crippen molar-refractivity contribution >= 4 is 40.0 Å². The Morgan fingerprint density at radius 1 is 1.08 bits per heavy atom. The first kappa shape index (κ1) is 18.5. The second kappa shape index (κ2) is 6.78. The Labute approximate surface area is 154 Å². The number of fused-ring (bicyclic) bond motifs is 1. The van der Waals surface area contributed by atoms with E-state index in [4.69, 9.17) is 27.6 Å². The van der Waals surface area contributed by atoms with Gasteiger partial charge < -0.3 is 4.42 Å². The maximum absolute atomic E-state index is 13.1. The number of hydrogen-bond donors (Lipinski definition) is 0. The van der Waals surface area contributed by atoms with Crippen molar-refractivity contribution in [2.24, 2.45) is 0 Å². The van der Waals surface area contributed by atoms with E-state index in [9.17, 15) is 22.8 Å². The molecule has 1 heterocycles. The van der Waals surface area contributed by atoms with E-state index in [1.54, 1.807) is 6.07 Å². The summed E-state index contributed by atoms with van der Waals surface area (Å²) in [6.07, 6.45) is -5.28. The molecule has 8 heteroatoms. The highest BCUT2D eigenvalue weighted by Crippen LogP contribution is 2.34. The number of benzene rings is 2. The molecule has 0 bridgehead atoms. The summed E-state index contributed by atoms with van der Waals surface area (Å²) in [5.74, 6) is -1.14. The highest BCUT2D eigenvalue weighted by atomic mass is 35.5. The van der Waals surface area contributed by atoms with Crippen LogP contribution in [-0.2, 0) is 12.6 Å². The molecule has 0 saturated heterocycles. The van der Waals surface area contributed by atoms with Gasteiger partial charge in [-0.15, -0.1) is 0 Å². The lowest BCUT2D eigenvalue weighted by molar-refractivity contribution is -0.138. The molecule has 0 aliphatic carbocycles. The van der Waals surface area contributed by atoms with Gasteiger partial charge in [0, 0.05) is 17.5 Å². The van der Waals surface area contributed by atoms with Gasteiger partial charge in [0.25, 0.3) is 0 Å². The Hall–Kier alpha value is -2.31. The highest BCUT2D eigenvalue weighted by molar-refractivity contribution is 6.34. The van der Waals surface area contributed by atoms with Crippen LogP contribution in [0.25, 0.3) is 11.0 Å². The minimum absolute atomic E-state index is 0.0113. The lowest BCUT2D eigenvalue weighted by Crippen LogP contribution is -2.14. The van der Waals surface area contributed by atoms with Crippen LogP contribution in [0.3, 0.4) is 0 Å². The number of carbonyl (C=O) groups excluding carboxylic acids is 1. The quantitative estimate of drug-likeness (QED) is 0.541. The van der Waals surface area contributed by atoms with Crippen LogP contribution in [0.5, 0.6) is 0 Å². The van der Waals surface area contributed by atoms with E-state index in [1.165, 1.54) is 18.2 Å². The molecule has 0 radical (unpaired) electrons. The molecule has 0 spiro atoms. The Morgan fingerprint density at radius 3 is 2.50 bits per heavy atom. The Kier molecular flexibility index (Phi) is 4.82. The number of carbonyl (C=O) groups is 1. The highest BCUT2D eigenvalue weighted by Gasteiger charge is 2.34. The third-order valence-electron chi connectivity index (χ3n) is 3.71. The zero-order chi connectivity index (χ0) is 19.1. The van der Waals surface area contributed by atoms with E-state index < -0.39 is 29.4 Å². The van der Waals surface area contributed by atoms with Gasteiger partial charge in [0.2, 0.25) is 5.78 Å². The molecular weight excluding hydrogens is 392 g/mol. The van der Waals surface area contributed by atoms with Gasteiger partial charge >= 0.3 is 6.18 Å². The third-order valence-corrected chi connectivity index (χ3v) is 4.24. The summed E-state index contributed by atoms with van der Waals surface area (Å²) in [5, 5.41) is 0.200. The average Bonchev–Trinajstić information content (AvgIpc) is 2.56. The second-order valence-corrected chi connectivity index (χ2v) is 6.33. The van der Waals surface area contributed by atoms with Crippen LogP contribution in [0.2, 0.25) is 10.0 Å². The van der Waals surface area contributed by atoms with Crippen LogP contribution in [0.15, 0.2) is 51.7 Å². The fourth-order valence-corrected chi connectivity index (χ4v) is 2.89. The fraction of sp³-hybridized carbons (Fsp3) is 0.111. The normalized spacial score (nSPS) is 11.7. The number of hydrogen-bond acceptors (Lipinski definition) is 3. The molecule has 0 fully saturated rings. The first-order chi connectivity index (χ1) is 12.2. The van der Waals surface area contributed by atoms with Crippen molar-refractivity contribution in [3.05, 3.63) is 79.6 Å². The number of Topliss-reactive ketones (excluding diaryl/α,β-unsaturated/α-hetero) is 1. The molecule has 1 aromatic heterocycles. The van der Waals surface area contributed by atoms with Crippen molar-refractivity contribution in [2.45, 2.75) is 12.6 Å². The SMILES string of the molecule is O=C(Cc1ccc(Cl)cc1C(F)(F)F)c1cc(=O)c2cccc(Cl)c2o1. The lowest BCUT2D eigenvalue weighted by Gasteiger charge is -2.12. The predicted molar refractivity (Wildman–Crippen MR) is 92.0 cm³/mol. The zero-order valence-corrected chi connectivity index (χ0v) is 14.4. The van der Waals surface area contributed by atoms with E-state index in [1.807, 2.05) is 0 Å². The van der Waals surface area contributed by atoms with Crippen molar-refractivity contribution in [3.63, 3.8) is 0 Å². The van der Waals surface area contributed by atoms with Gasteiger partial charge in [0.05, 0.1) is 16.0 Å². The molecule has 26 heavy (non-hydrogen) atoms. The van der Waals surface area contributed by atoms with Crippen molar-refractivity contribution < 1.29 is 22.4 Å². The molecule has 3 rings (SSSR count). The number of halogens is 5. The van der Waals surface area contributed by atoms with Crippen LogP contribution >= 0.6 is 23.2 Å². The monoisotopic (exact) mass is 400 g/mol. The molecule has 2 aromatic carbocycles. The molecule has 0 aliphatic rings. The van der Waals surface area contributed by atoms with E-state index in [0.29, 0.717) is 0 Å². The molecule has 0 unspecified atom stereocenters. The maximum atomic E-state index is 13.1. The summed E-state index contributed by atoms with van der Waals surface area (Å²) in [6, 6.07) is 8.57. The number of para-hydroxylation sites is 1.